The molecule has 0 saturated heterocycles. The number of hydrogen-bond acceptors (Lipinski definition) is 2. The van der Waals surface area contributed by atoms with Crippen LogP contribution in [0.1, 0.15) is 59.9 Å². The van der Waals surface area contributed by atoms with Gasteiger partial charge in [-0.15, -0.1) is 0 Å². The Bertz CT molecular complexity index is 472. The van der Waals surface area contributed by atoms with E-state index in [1.165, 1.54) is 0 Å². The van der Waals surface area contributed by atoms with Crippen molar-refractivity contribution in [3.8, 4) is 5.75 Å². The number of amides is 1. The van der Waals surface area contributed by atoms with E-state index in [4.69, 9.17) is 4.74 Å². The smallest absolute Gasteiger partial charge is 0.261 e. The Balaban J connectivity index is 2.76. The molecule has 1 unspecified atom stereocenters. The first-order valence-electron chi connectivity index (χ1n) is 8.30. The summed E-state index contributed by atoms with van der Waals surface area (Å²) < 4.78 is 5.92. The van der Waals surface area contributed by atoms with Crippen LogP contribution in [0.4, 0.5) is 0 Å². The molecule has 22 heavy (non-hydrogen) atoms. The molecule has 0 bridgehead atoms. The van der Waals surface area contributed by atoms with Crippen molar-refractivity contribution in [2.45, 2.75) is 66.5 Å². The fourth-order valence-corrected chi connectivity index (χ4v) is 2.69. The zero-order valence-corrected chi connectivity index (χ0v) is 15.0. The molecule has 0 spiro atoms. The first-order valence-corrected chi connectivity index (χ1v) is 8.30. The maximum absolute atomic E-state index is 12.4. The van der Waals surface area contributed by atoms with Gasteiger partial charge in [-0.2, -0.15) is 0 Å². The molecule has 0 aliphatic carbocycles. The molecule has 124 valence electrons. The highest BCUT2D eigenvalue weighted by atomic mass is 16.5. The number of ether oxygens (including phenoxy) is 1. The topological polar surface area (TPSA) is 38.3 Å². The third kappa shape index (κ3) is 5.04. The molecule has 1 aromatic rings. The first kappa shape index (κ1) is 18.5. The Kier molecular flexibility index (Phi) is 6.92. The SMILES string of the molecule is CC(Oc1ccccc1C(C)C)C(=O)NC(C(C)C)C(C)C. The molecule has 0 fully saturated rings. The third-order valence-electron chi connectivity index (χ3n) is 3.96. The number of carbonyl (C=O) groups excluding carboxylic acids is 1. The van der Waals surface area contributed by atoms with E-state index in [2.05, 4.69) is 52.9 Å². The van der Waals surface area contributed by atoms with Crippen molar-refractivity contribution < 1.29 is 9.53 Å². The molecule has 0 heterocycles. The minimum atomic E-state index is -0.500. The molecule has 1 rings (SSSR count). The van der Waals surface area contributed by atoms with Crippen molar-refractivity contribution in [2.75, 3.05) is 0 Å². The lowest BCUT2D eigenvalue weighted by atomic mass is 9.93. The summed E-state index contributed by atoms with van der Waals surface area (Å²) in [6, 6.07) is 8.09. The van der Waals surface area contributed by atoms with Gasteiger partial charge in [0.2, 0.25) is 0 Å². The van der Waals surface area contributed by atoms with Crippen LogP contribution in [0.5, 0.6) is 5.75 Å². The largest absolute Gasteiger partial charge is 0.481 e. The predicted octanol–water partition coefficient (Wildman–Crippen LogP) is 4.37. The van der Waals surface area contributed by atoms with E-state index in [0.717, 1.165) is 11.3 Å². The fourth-order valence-electron chi connectivity index (χ4n) is 2.69. The molecule has 1 N–H and O–H groups in total. The second-order valence-corrected chi connectivity index (χ2v) is 6.98. The Labute approximate surface area is 135 Å². The van der Waals surface area contributed by atoms with E-state index < -0.39 is 6.10 Å². The molecular formula is C19H31NO2. The van der Waals surface area contributed by atoms with Gasteiger partial charge in [-0.3, -0.25) is 4.79 Å². The van der Waals surface area contributed by atoms with Gasteiger partial charge in [0.1, 0.15) is 5.75 Å². The molecule has 0 aromatic heterocycles. The van der Waals surface area contributed by atoms with Crippen LogP contribution in [-0.4, -0.2) is 18.1 Å². The van der Waals surface area contributed by atoms with Crippen LogP contribution in [0.15, 0.2) is 24.3 Å². The summed E-state index contributed by atoms with van der Waals surface area (Å²) in [6.45, 7) is 14.6. The molecular weight excluding hydrogens is 274 g/mol. The normalized spacial score (nSPS) is 13.0. The second-order valence-electron chi connectivity index (χ2n) is 6.98. The quantitative estimate of drug-likeness (QED) is 0.812. The van der Waals surface area contributed by atoms with Gasteiger partial charge in [-0.1, -0.05) is 59.7 Å². The zero-order valence-electron chi connectivity index (χ0n) is 15.0. The van der Waals surface area contributed by atoms with Crippen LogP contribution < -0.4 is 10.1 Å². The summed E-state index contributed by atoms with van der Waals surface area (Å²) >= 11 is 0. The summed E-state index contributed by atoms with van der Waals surface area (Å²) in [5.74, 6) is 1.92. The Morgan fingerprint density at radius 3 is 2.00 bits per heavy atom. The van der Waals surface area contributed by atoms with Gasteiger partial charge >= 0.3 is 0 Å². The van der Waals surface area contributed by atoms with Gasteiger partial charge in [0.05, 0.1) is 0 Å². The minimum absolute atomic E-state index is 0.0500. The van der Waals surface area contributed by atoms with E-state index in [1.807, 2.05) is 25.1 Å². The van der Waals surface area contributed by atoms with Gasteiger partial charge in [-0.25, -0.2) is 0 Å². The maximum Gasteiger partial charge on any atom is 0.261 e. The summed E-state index contributed by atoms with van der Waals surface area (Å²) in [6.07, 6.45) is -0.500. The van der Waals surface area contributed by atoms with Crippen molar-refractivity contribution in [3.05, 3.63) is 29.8 Å². The zero-order chi connectivity index (χ0) is 16.9. The summed E-state index contributed by atoms with van der Waals surface area (Å²) in [5.41, 5.74) is 1.13. The Hall–Kier alpha value is -1.51. The number of benzene rings is 1. The van der Waals surface area contributed by atoms with Crippen LogP contribution in [-0.2, 0) is 4.79 Å². The van der Waals surface area contributed by atoms with E-state index in [9.17, 15) is 4.79 Å². The Morgan fingerprint density at radius 1 is 0.955 bits per heavy atom. The fraction of sp³-hybridized carbons (Fsp3) is 0.632. The minimum Gasteiger partial charge on any atom is -0.481 e. The summed E-state index contributed by atoms with van der Waals surface area (Å²) in [7, 11) is 0. The van der Waals surface area contributed by atoms with Crippen LogP contribution in [0.2, 0.25) is 0 Å². The van der Waals surface area contributed by atoms with Gasteiger partial charge in [-0.05, 0) is 36.3 Å². The lowest BCUT2D eigenvalue weighted by molar-refractivity contribution is -0.128. The molecule has 3 heteroatoms. The second kappa shape index (κ2) is 8.21. The van der Waals surface area contributed by atoms with Gasteiger partial charge in [0.25, 0.3) is 5.91 Å². The molecule has 0 aliphatic rings. The summed E-state index contributed by atoms with van der Waals surface area (Å²) in [4.78, 5) is 12.4. The number of nitrogens with one attached hydrogen (secondary N) is 1. The number of rotatable bonds is 7. The van der Waals surface area contributed by atoms with Crippen LogP contribution >= 0.6 is 0 Å². The predicted molar refractivity (Wildman–Crippen MR) is 92.2 cm³/mol. The van der Waals surface area contributed by atoms with E-state index in [0.29, 0.717) is 17.8 Å². The molecule has 0 saturated carbocycles. The van der Waals surface area contributed by atoms with Crippen LogP contribution in [0, 0.1) is 11.8 Å². The number of hydrogen-bond donors (Lipinski definition) is 1. The molecule has 3 nitrogen and oxygen atoms in total. The van der Waals surface area contributed by atoms with E-state index >= 15 is 0 Å². The van der Waals surface area contributed by atoms with Crippen molar-refractivity contribution in [1.82, 2.24) is 5.32 Å². The summed E-state index contributed by atoms with van der Waals surface area (Å²) in [5, 5.41) is 3.12. The molecule has 1 aromatic carbocycles. The van der Waals surface area contributed by atoms with Crippen LogP contribution in [0.25, 0.3) is 0 Å². The monoisotopic (exact) mass is 305 g/mol. The average Bonchev–Trinajstić information content (AvgIpc) is 2.43. The third-order valence-corrected chi connectivity index (χ3v) is 3.96. The molecule has 1 amide bonds. The molecule has 0 aliphatic heterocycles. The standard InChI is InChI=1S/C19H31NO2/c1-12(2)16-10-8-9-11-17(16)22-15(7)19(21)20-18(13(3)4)14(5)6/h8-15,18H,1-7H3,(H,20,21). The highest BCUT2D eigenvalue weighted by Gasteiger charge is 2.24. The van der Waals surface area contributed by atoms with E-state index in [1.54, 1.807) is 0 Å². The first-order chi connectivity index (χ1) is 10.2. The highest BCUT2D eigenvalue weighted by molar-refractivity contribution is 5.81. The van der Waals surface area contributed by atoms with Crippen LogP contribution in [0.3, 0.4) is 0 Å². The van der Waals surface area contributed by atoms with Gasteiger partial charge < -0.3 is 10.1 Å². The lowest BCUT2D eigenvalue weighted by Crippen LogP contribution is -2.47. The van der Waals surface area contributed by atoms with Crippen molar-refractivity contribution >= 4 is 5.91 Å². The molecule has 0 radical (unpaired) electrons. The van der Waals surface area contributed by atoms with Crippen molar-refractivity contribution in [1.29, 1.82) is 0 Å². The van der Waals surface area contributed by atoms with Gasteiger partial charge in [0.15, 0.2) is 6.10 Å². The number of carbonyl (C=O) groups is 1. The average molecular weight is 305 g/mol. The lowest BCUT2D eigenvalue weighted by Gasteiger charge is -2.28. The van der Waals surface area contributed by atoms with E-state index in [-0.39, 0.29) is 11.9 Å². The maximum atomic E-state index is 12.4. The Morgan fingerprint density at radius 2 is 1.50 bits per heavy atom. The van der Waals surface area contributed by atoms with Gasteiger partial charge in [0, 0.05) is 6.04 Å². The van der Waals surface area contributed by atoms with Crippen molar-refractivity contribution in [3.63, 3.8) is 0 Å². The van der Waals surface area contributed by atoms with Crippen molar-refractivity contribution in [2.24, 2.45) is 11.8 Å². The molecule has 1 atom stereocenters. The number of para-hydroxylation sites is 1. The highest BCUT2D eigenvalue weighted by Crippen LogP contribution is 2.26.